The van der Waals surface area contributed by atoms with Gasteiger partial charge in [-0.25, -0.2) is 4.98 Å². The van der Waals surface area contributed by atoms with E-state index >= 15 is 0 Å². The molecule has 0 radical (unpaired) electrons. The van der Waals surface area contributed by atoms with E-state index in [2.05, 4.69) is 18.8 Å². The van der Waals surface area contributed by atoms with Crippen molar-refractivity contribution >= 4 is 45.1 Å². The van der Waals surface area contributed by atoms with E-state index in [0.717, 1.165) is 12.0 Å². The van der Waals surface area contributed by atoms with Crippen LogP contribution in [0.4, 0.5) is 0 Å². The second-order valence-electron chi connectivity index (χ2n) is 4.05. The minimum atomic E-state index is -3.66. The molecule has 0 aliphatic heterocycles. The van der Waals surface area contributed by atoms with Crippen LogP contribution in [0.2, 0.25) is 10.0 Å². The molecule has 1 aromatic heterocycles. The molecule has 0 bridgehead atoms. The SMILES string of the molecule is CC(C)CSc1nc(OS(C)(=O)=O)c(Cl)cc1Cl. The molecule has 0 aliphatic carbocycles. The summed E-state index contributed by atoms with van der Waals surface area (Å²) in [6.45, 7) is 4.12. The normalized spacial score (nSPS) is 11.9. The second kappa shape index (κ2) is 6.32. The minimum absolute atomic E-state index is 0.0688. The van der Waals surface area contributed by atoms with Crippen molar-refractivity contribution in [2.24, 2.45) is 5.92 Å². The van der Waals surface area contributed by atoms with Gasteiger partial charge in [0, 0.05) is 5.75 Å². The Hall–Kier alpha value is -0.170. The molecular weight excluding hydrogens is 317 g/mol. The van der Waals surface area contributed by atoms with Crippen molar-refractivity contribution in [1.29, 1.82) is 0 Å². The molecule has 0 N–H and O–H groups in total. The summed E-state index contributed by atoms with van der Waals surface area (Å²) in [5.41, 5.74) is 0. The Kier molecular flexibility index (Phi) is 5.58. The lowest BCUT2D eigenvalue weighted by Crippen LogP contribution is -2.08. The van der Waals surface area contributed by atoms with Gasteiger partial charge in [0.25, 0.3) is 5.88 Å². The fourth-order valence-corrected chi connectivity index (χ4v) is 2.84. The van der Waals surface area contributed by atoms with E-state index in [0.29, 0.717) is 16.0 Å². The van der Waals surface area contributed by atoms with Crippen LogP contribution in [0.3, 0.4) is 0 Å². The monoisotopic (exact) mass is 329 g/mol. The molecule has 4 nitrogen and oxygen atoms in total. The molecule has 0 saturated carbocycles. The molecule has 1 rings (SSSR count). The average molecular weight is 330 g/mol. The summed E-state index contributed by atoms with van der Waals surface area (Å²) in [7, 11) is -3.66. The Morgan fingerprint density at radius 3 is 2.50 bits per heavy atom. The zero-order valence-electron chi connectivity index (χ0n) is 10.1. The van der Waals surface area contributed by atoms with Gasteiger partial charge in [-0.2, -0.15) is 8.42 Å². The van der Waals surface area contributed by atoms with Crippen LogP contribution in [0.1, 0.15) is 13.8 Å². The number of aromatic nitrogens is 1. The standard InChI is InChI=1S/C10H13Cl2NO3S2/c1-6(2)5-17-10-8(12)4-7(11)9(13-10)16-18(3,14)15/h4,6H,5H2,1-3H3. The van der Waals surface area contributed by atoms with E-state index in [-0.39, 0.29) is 10.9 Å². The summed E-state index contributed by atoms with van der Waals surface area (Å²) >= 11 is 13.2. The number of hydrogen-bond donors (Lipinski definition) is 0. The van der Waals surface area contributed by atoms with Crippen molar-refractivity contribution in [3.63, 3.8) is 0 Å². The third-order valence-electron chi connectivity index (χ3n) is 1.65. The Balaban J connectivity index is 3.02. The number of halogens is 2. The maximum absolute atomic E-state index is 11.1. The Labute approximate surface area is 121 Å². The van der Waals surface area contributed by atoms with Crippen LogP contribution in [-0.2, 0) is 10.1 Å². The summed E-state index contributed by atoms with van der Waals surface area (Å²) in [6.07, 6.45) is 0.931. The third-order valence-corrected chi connectivity index (χ3v) is 4.20. The molecule has 0 saturated heterocycles. The summed E-state index contributed by atoms with van der Waals surface area (Å²) in [6, 6.07) is 1.43. The molecule has 102 valence electrons. The molecule has 1 heterocycles. The zero-order valence-corrected chi connectivity index (χ0v) is 13.3. The lowest BCUT2D eigenvalue weighted by Gasteiger charge is -2.09. The van der Waals surface area contributed by atoms with Gasteiger partial charge in [0.1, 0.15) is 10.0 Å². The maximum atomic E-state index is 11.1. The quantitative estimate of drug-likeness (QED) is 0.611. The number of rotatable bonds is 5. The van der Waals surface area contributed by atoms with Crippen LogP contribution in [0, 0.1) is 5.92 Å². The third kappa shape index (κ3) is 5.22. The number of thioether (sulfide) groups is 1. The van der Waals surface area contributed by atoms with E-state index in [1.54, 1.807) is 0 Å². The topological polar surface area (TPSA) is 56.3 Å². The highest BCUT2D eigenvalue weighted by molar-refractivity contribution is 7.99. The van der Waals surface area contributed by atoms with Gasteiger partial charge < -0.3 is 4.18 Å². The fourth-order valence-electron chi connectivity index (χ4n) is 0.982. The Morgan fingerprint density at radius 1 is 1.39 bits per heavy atom. The first-order chi connectivity index (χ1) is 8.19. The van der Waals surface area contributed by atoms with Crippen LogP contribution in [0.5, 0.6) is 5.88 Å². The average Bonchev–Trinajstić information content (AvgIpc) is 2.18. The molecule has 0 spiro atoms. The number of nitrogens with zero attached hydrogens (tertiary/aromatic N) is 1. The van der Waals surface area contributed by atoms with Gasteiger partial charge >= 0.3 is 10.1 Å². The van der Waals surface area contributed by atoms with Crippen LogP contribution in [0.25, 0.3) is 0 Å². The molecule has 1 aromatic rings. The molecule has 8 heteroatoms. The van der Waals surface area contributed by atoms with Gasteiger partial charge in [0.2, 0.25) is 0 Å². The molecule has 0 fully saturated rings. The lowest BCUT2D eigenvalue weighted by molar-refractivity contribution is 0.480. The van der Waals surface area contributed by atoms with E-state index in [9.17, 15) is 8.42 Å². The van der Waals surface area contributed by atoms with E-state index < -0.39 is 10.1 Å². The van der Waals surface area contributed by atoms with E-state index in [1.165, 1.54) is 17.8 Å². The van der Waals surface area contributed by atoms with Gasteiger partial charge in [0.05, 0.1) is 11.3 Å². The van der Waals surface area contributed by atoms with Crippen LogP contribution >= 0.6 is 35.0 Å². The smallest absolute Gasteiger partial charge is 0.307 e. The Bertz CT molecular complexity index is 532. The van der Waals surface area contributed by atoms with Crippen molar-refractivity contribution in [1.82, 2.24) is 4.98 Å². The highest BCUT2D eigenvalue weighted by Gasteiger charge is 2.15. The lowest BCUT2D eigenvalue weighted by atomic mass is 10.3. The molecular formula is C10H13Cl2NO3S2. The molecule has 0 amide bonds. The predicted octanol–water partition coefficient (Wildman–Crippen LogP) is 3.47. The second-order valence-corrected chi connectivity index (χ2v) is 7.45. The van der Waals surface area contributed by atoms with Crippen LogP contribution in [-0.4, -0.2) is 25.4 Å². The molecule has 0 unspecified atom stereocenters. The van der Waals surface area contributed by atoms with Crippen LogP contribution in [0.15, 0.2) is 11.1 Å². The van der Waals surface area contributed by atoms with Gasteiger partial charge in [-0.15, -0.1) is 11.8 Å². The summed E-state index contributed by atoms with van der Waals surface area (Å²) in [5, 5.41) is 0.958. The molecule has 0 aromatic carbocycles. The molecule has 18 heavy (non-hydrogen) atoms. The minimum Gasteiger partial charge on any atom is -0.360 e. The number of pyridine rings is 1. The van der Waals surface area contributed by atoms with Crippen molar-refractivity contribution in [2.75, 3.05) is 12.0 Å². The van der Waals surface area contributed by atoms with Gasteiger partial charge in [-0.1, -0.05) is 37.0 Å². The molecule has 0 aliphatic rings. The summed E-state index contributed by atoms with van der Waals surface area (Å²) in [5.74, 6) is 1.13. The van der Waals surface area contributed by atoms with Gasteiger partial charge in [-0.05, 0) is 12.0 Å². The van der Waals surface area contributed by atoms with Crippen molar-refractivity contribution < 1.29 is 12.6 Å². The highest BCUT2D eigenvalue weighted by Crippen LogP contribution is 2.34. The highest BCUT2D eigenvalue weighted by atomic mass is 35.5. The van der Waals surface area contributed by atoms with Gasteiger partial charge in [-0.3, -0.25) is 0 Å². The number of hydrogen-bond acceptors (Lipinski definition) is 5. The van der Waals surface area contributed by atoms with Crippen molar-refractivity contribution in [2.45, 2.75) is 18.9 Å². The summed E-state index contributed by atoms with van der Waals surface area (Å²) < 4.78 is 26.8. The van der Waals surface area contributed by atoms with E-state index in [1.807, 2.05) is 0 Å². The zero-order chi connectivity index (χ0) is 13.9. The fraction of sp³-hybridized carbons (Fsp3) is 0.500. The van der Waals surface area contributed by atoms with E-state index in [4.69, 9.17) is 27.4 Å². The maximum Gasteiger partial charge on any atom is 0.307 e. The first kappa shape index (κ1) is 15.9. The van der Waals surface area contributed by atoms with Crippen molar-refractivity contribution in [3.05, 3.63) is 16.1 Å². The Morgan fingerprint density at radius 2 is 2.00 bits per heavy atom. The molecule has 0 atom stereocenters. The first-order valence-corrected chi connectivity index (χ1v) is 8.63. The first-order valence-electron chi connectivity index (χ1n) is 5.07. The summed E-state index contributed by atoms with van der Waals surface area (Å²) in [4.78, 5) is 4.03. The van der Waals surface area contributed by atoms with Crippen molar-refractivity contribution in [3.8, 4) is 5.88 Å². The van der Waals surface area contributed by atoms with Crippen LogP contribution < -0.4 is 4.18 Å². The van der Waals surface area contributed by atoms with Gasteiger partial charge in [0.15, 0.2) is 0 Å². The largest absolute Gasteiger partial charge is 0.360 e. The predicted molar refractivity (Wildman–Crippen MR) is 75.3 cm³/mol.